The Hall–Kier alpha value is -2.00. The minimum Gasteiger partial charge on any atom is -0.478 e. The van der Waals surface area contributed by atoms with Gasteiger partial charge in [-0.2, -0.15) is 0 Å². The van der Waals surface area contributed by atoms with Crippen LogP contribution in [0.4, 0.5) is 0 Å². The van der Waals surface area contributed by atoms with Crippen LogP contribution < -0.4 is 4.74 Å². The second kappa shape index (κ2) is 6.44. The van der Waals surface area contributed by atoms with E-state index in [1.54, 1.807) is 30.3 Å². The lowest BCUT2D eigenvalue weighted by Gasteiger charge is -2.15. The van der Waals surface area contributed by atoms with E-state index in [4.69, 9.17) is 16.3 Å². The minimum atomic E-state index is -0.995. The van der Waals surface area contributed by atoms with E-state index < -0.39 is 12.1 Å². The molecule has 0 fully saturated rings. The highest BCUT2D eigenvalue weighted by Gasteiger charge is 2.20. The summed E-state index contributed by atoms with van der Waals surface area (Å²) in [7, 11) is 0. The van der Waals surface area contributed by atoms with E-state index in [1.807, 2.05) is 25.1 Å². The second-order valence-corrected chi connectivity index (χ2v) is 5.03. The van der Waals surface area contributed by atoms with E-state index in [2.05, 4.69) is 0 Å². The molecule has 0 spiro atoms. The Kier molecular flexibility index (Phi) is 4.64. The Bertz CT molecular complexity index is 593. The van der Waals surface area contributed by atoms with Gasteiger partial charge in [-0.15, -0.1) is 0 Å². The van der Waals surface area contributed by atoms with Crippen molar-refractivity contribution in [1.29, 1.82) is 0 Å². The van der Waals surface area contributed by atoms with Gasteiger partial charge in [-0.25, -0.2) is 4.79 Å². The number of hydrogen-bond donors (Lipinski definition) is 1. The number of ether oxygens (including phenoxy) is 1. The van der Waals surface area contributed by atoms with Gasteiger partial charge in [0.05, 0.1) is 0 Å². The normalized spacial score (nSPS) is 11.9. The van der Waals surface area contributed by atoms with Gasteiger partial charge in [-0.3, -0.25) is 0 Å². The lowest BCUT2D eigenvalue weighted by Crippen LogP contribution is -2.29. The Morgan fingerprint density at radius 1 is 1.25 bits per heavy atom. The first kappa shape index (κ1) is 14.4. The van der Waals surface area contributed by atoms with Crippen molar-refractivity contribution in [3.8, 4) is 5.75 Å². The molecule has 3 nitrogen and oxygen atoms in total. The molecule has 0 aromatic heterocycles. The summed E-state index contributed by atoms with van der Waals surface area (Å²) in [5, 5.41) is 9.85. The van der Waals surface area contributed by atoms with Crippen LogP contribution in [-0.4, -0.2) is 17.2 Å². The molecule has 0 aliphatic carbocycles. The van der Waals surface area contributed by atoms with E-state index in [0.717, 1.165) is 11.1 Å². The van der Waals surface area contributed by atoms with Crippen molar-refractivity contribution < 1.29 is 14.6 Å². The van der Waals surface area contributed by atoms with Gasteiger partial charge in [0, 0.05) is 11.4 Å². The molecule has 0 aliphatic rings. The Morgan fingerprint density at radius 3 is 2.55 bits per heavy atom. The number of rotatable bonds is 5. The number of carboxylic acids is 1. The van der Waals surface area contributed by atoms with Crippen LogP contribution in [0.15, 0.2) is 48.5 Å². The first-order valence-electron chi connectivity index (χ1n) is 6.25. The second-order valence-electron chi connectivity index (χ2n) is 4.59. The number of benzene rings is 2. The first-order chi connectivity index (χ1) is 9.54. The third-order valence-corrected chi connectivity index (χ3v) is 3.12. The standard InChI is InChI=1S/C16H15ClO3/c1-11-5-7-14(8-6-11)20-15(16(18)19)10-12-3-2-4-13(17)9-12/h2-9,15H,10H2,1H3,(H,18,19)/t15-/m0/s1. The highest BCUT2D eigenvalue weighted by atomic mass is 35.5. The number of hydrogen-bond acceptors (Lipinski definition) is 2. The highest BCUT2D eigenvalue weighted by molar-refractivity contribution is 6.30. The van der Waals surface area contributed by atoms with Crippen molar-refractivity contribution >= 4 is 17.6 Å². The molecule has 0 aliphatic heterocycles. The van der Waals surface area contributed by atoms with Gasteiger partial charge in [-0.05, 0) is 36.8 Å². The lowest BCUT2D eigenvalue weighted by molar-refractivity contribution is -0.145. The molecule has 20 heavy (non-hydrogen) atoms. The zero-order valence-electron chi connectivity index (χ0n) is 11.0. The van der Waals surface area contributed by atoms with E-state index in [1.165, 1.54) is 0 Å². The molecule has 2 aromatic rings. The van der Waals surface area contributed by atoms with E-state index in [9.17, 15) is 9.90 Å². The maximum Gasteiger partial charge on any atom is 0.345 e. The molecule has 1 atom stereocenters. The van der Waals surface area contributed by atoms with Gasteiger partial charge >= 0.3 is 5.97 Å². The molecule has 0 saturated heterocycles. The van der Waals surface area contributed by atoms with Crippen molar-refractivity contribution in [2.45, 2.75) is 19.4 Å². The molecule has 4 heteroatoms. The Balaban J connectivity index is 2.11. The predicted molar refractivity (Wildman–Crippen MR) is 78.4 cm³/mol. The van der Waals surface area contributed by atoms with Crippen LogP contribution >= 0.6 is 11.6 Å². The Labute approximate surface area is 122 Å². The van der Waals surface area contributed by atoms with Crippen LogP contribution in [-0.2, 0) is 11.2 Å². The number of carboxylic acid groups (broad SMARTS) is 1. The SMILES string of the molecule is Cc1ccc(O[C@@H](Cc2cccc(Cl)c2)C(=O)O)cc1. The van der Waals surface area contributed by atoms with E-state index >= 15 is 0 Å². The van der Waals surface area contributed by atoms with Gasteiger partial charge in [0.15, 0.2) is 6.10 Å². The number of aryl methyl sites for hydroxylation is 1. The summed E-state index contributed by atoms with van der Waals surface area (Å²) in [4.78, 5) is 11.3. The van der Waals surface area contributed by atoms with Crippen molar-refractivity contribution in [3.63, 3.8) is 0 Å². The van der Waals surface area contributed by atoms with Crippen LogP contribution in [0, 0.1) is 6.92 Å². The smallest absolute Gasteiger partial charge is 0.345 e. The molecular weight excluding hydrogens is 276 g/mol. The molecular formula is C16H15ClO3. The minimum absolute atomic E-state index is 0.268. The summed E-state index contributed by atoms with van der Waals surface area (Å²) in [6.45, 7) is 1.96. The largest absolute Gasteiger partial charge is 0.478 e. The van der Waals surface area contributed by atoms with Crippen molar-refractivity contribution in [3.05, 3.63) is 64.7 Å². The number of aliphatic carboxylic acids is 1. The summed E-state index contributed by atoms with van der Waals surface area (Å²) < 4.78 is 5.53. The molecule has 0 unspecified atom stereocenters. The van der Waals surface area contributed by atoms with Crippen molar-refractivity contribution in [2.24, 2.45) is 0 Å². The van der Waals surface area contributed by atoms with Gasteiger partial charge in [-0.1, -0.05) is 41.4 Å². The third-order valence-electron chi connectivity index (χ3n) is 2.88. The zero-order chi connectivity index (χ0) is 14.5. The van der Waals surface area contributed by atoms with Gasteiger partial charge < -0.3 is 9.84 Å². The van der Waals surface area contributed by atoms with Crippen LogP contribution in [0.3, 0.4) is 0 Å². The number of halogens is 1. The first-order valence-corrected chi connectivity index (χ1v) is 6.63. The molecule has 2 aromatic carbocycles. The molecule has 0 heterocycles. The quantitative estimate of drug-likeness (QED) is 0.913. The van der Waals surface area contributed by atoms with Crippen LogP contribution in [0.1, 0.15) is 11.1 Å². The van der Waals surface area contributed by atoms with Crippen molar-refractivity contribution in [1.82, 2.24) is 0 Å². The predicted octanol–water partition coefficient (Wildman–Crippen LogP) is 3.72. The summed E-state index contributed by atoms with van der Waals surface area (Å²) in [6.07, 6.45) is -0.666. The molecule has 1 N–H and O–H groups in total. The zero-order valence-corrected chi connectivity index (χ0v) is 11.8. The third kappa shape index (κ3) is 4.00. The number of carbonyl (C=O) groups is 1. The molecule has 104 valence electrons. The topological polar surface area (TPSA) is 46.5 Å². The molecule has 0 amide bonds. The molecule has 0 bridgehead atoms. The van der Waals surface area contributed by atoms with Crippen molar-refractivity contribution in [2.75, 3.05) is 0 Å². The van der Waals surface area contributed by atoms with E-state index in [-0.39, 0.29) is 6.42 Å². The van der Waals surface area contributed by atoms with Crippen LogP contribution in [0.5, 0.6) is 5.75 Å². The summed E-state index contributed by atoms with van der Waals surface area (Å²) in [5.74, 6) is -0.449. The monoisotopic (exact) mass is 290 g/mol. The highest BCUT2D eigenvalue weighted by Crippen LogP contribution is 2.17. The summed E-state index contributed by atoms with van der Waals surface area (Å²) in [6, 6.07) is 14.4. The fourth-order valence-electron chi connectivity index (χ4n) is 1.84. The van der Waals surface area contributed by atoms with Gasteiger partial charge in [0.25, 0.3) is 0 Å². The fourth-order valence-corrected chi connectivity index (χ4v) is 2.05. The summed E-state index contributed by atoms with van der Waals surface area (Å²) in [5.41, 5.74) is 1.93. The molecule has 0 radical (unpaired) electrons. The molecule has 2 rings (SSSR count). The van der Waals surface area contributed by atoms with Gasteiger partial charge in [0.2, 0.25) is 0 Å². The lowest BCUT2D eigenvalue weighted by atomic mass is 10.1. The average Bonchev–Trinajstić information content (AvgIpc) is 2.40. The molecule has 0 saturated carbocycles. The van der Waals surface area contributed by atoms with E-state index in [0.29, 0.717) is 10.8 Å². The maximum atomic E-state index is 11.3. The average molecular weight is 291 g/mol. The maximum absolute atomic E-state index is 11.3. The Morgan fingerprint density at radius 2 is 1.95 bits per heavy atom. The fraction of sp³-hybridized carbons (Fsp3) is 0.188. The van der Waals surface area contributed by atoms with Crippen LogP contribution in [0.2, 0.25) is 5.02 Å². The van der Waals surface area contributed by atoms with Gasteiger partial charge in [0.1, 0.15) is 5.75 Å². The summed E-state index contributed by atoms with van der Waals surface area (Å²) >= 11 is 5.90. The van der Waals surface area contributed by atoms with Crippen LogP contribution in [0.25, 0.3) is 0 Å².